The molecular weight excluding hydrogens is 262 g/mol. The lowest BCUT2D eigenvalue weighted by Crippen LogP contribution is -2.11. The van der Waals surface area contributed by atoms with Gasteiger partial charge in [0.1, 0.15) is 18.5 Å². The highest BCUT2D eigenvalue weighted by atomic mass is 16.5. The van der Waals surface area contributed by atoms with Crippen molar-refractivity contribution >= 4 is 5.69 Å². The normalized spacial score (nSPS) is 12.4. The molecule has 0 radical (unpaired) electrons. The highest BCUT2D eigenvalue weighted by Crippen LogP contribution is 2.28. The standard InChI is InChI=1S/C18H23NO2/c1-12(2)16-9-4-13(3)10-18(16)21-11-17(20)14-5-7-15(19)8-6-14/h4-10,12,17,20H,11,19H2,1-3H3. The maximum Gasteiger partial charge on any atom is 0.123 e. The van der Waals surface area contributed by atoms with Crippen molar-refractivity contribution in [1.29, 1.82) is 0 Å². The Morgan fingerprint density at radius 3 is 2.38 bits per heavy atom. The third kappa shape index (κ3) is 3.99. The van der Waals surface area contributed by atoms with Crippen molar-refractivity contribution in [3.8, 4) is 5.75 Å². The Labute approximate surface area is 126 Å². The summed E-state index contributed by atoms with van der Waals surface area (Å²) in [5.74, 6) is 1.23. The number of aliphatic hydroxyl groups excluding tert-OH is 1. The van der Waals surface area contributed by atoms with Gasteiger partial charge in [-0.05, 0) is 47.7 Å². The first-order valence-electron chi connectivity index (χ1n) is 7.24. The molecule has 3 N–H and O–H groups in total. The van der Waals surface area contributed by atoms with Gasteiger partial charge < -0.3 is 15.6 Å². The van der Waals surface area contributed by atoms with Gasteiger partial charge in [-0.15, -0.1) is 0 Å². The maximum absolute atomic E-state index is 10.2. The maximum atomic E-state index is 10.2. The zero-order chi connectivity index (χ0) is 15.4. The van der Waals surface area contributed by atoms with Crippen molar-refractivity contribution < 1.29 is 9.84 Å². The summed E-state index contributed by atoms with van der Waals surface area (Å²) in [6.07, 6.45) is -0.661. The molecule has 0 aliphatic carbocycles. The van der Waals surface area contributed by atoms with Gasteiger partial charge in [-0.1, -0.05) is 38.1 Å². The van der Waals surface area contributed by atoms with Crippen molar-refractivity contribution in [2.45, 2.75) is 32.8 Å². The number of benzene rings is 2. The van der Waals surface area contributed by atoms with Crippen LogP contribution < -0.4 is 10.5 Å². The number of hydrogen-bond acceptors (Lipinski definition) is 3. The number of hydrogen-bond donors (Lipinski definition) is 2. The Morgan fingerprint density at radius 2 is 1.76 bits per heavy atom. The third-order valence-electron chi connectivity index (χ3n) is 3.51. The Kier molecular flexibility index (Phi) is 4.86. The summed E-state index contributed by atoms with van der Waals surface area (Å²) in [5.41, 5.74) is 9.45. The summed E-state index contributed by atoms with van der Waals surface area (Å²) in [4.78, 5) is 0. The molecule has 0 saturated carbocycles. The summed E-state index contributed by atoms with van der Waals surface area (Å²) in [6.45, 7) is 6.53. The third-order valence-corrected chi connectivity index (χ3v) is 3.51. The van der Waals surface area contributed by atoms with Gasteiger partial charge >= 0.3 is 0 Å². The lowest BCUT2D eigenvalue weighted by molar-refractivity contribution is 0.107. The molecular formula is C18H23NO2. The van der Waals surface area contributed by atoms with Crippen LogP contribution in [0.25, 0.3) is 0 Å². The van der Waals surface area contributed by atoms with E-state index in [4.69, 9.17) is 10.5 Å². The van der Waals surface area contributed by atoms with Crippen LogP contribution in [-0.4, -0.2) is 11.7 Å². The molecule has 2 rings (SSSR count). The first-order chi connectivity index (χ1) is 9.97. The molecule has 0 heterocycles. The van der Waals surface area contributed by atoms with Crippen molar-refractivity contribution in [3.05, 3.63) is 59.2 Å². The molecule has 3 nitrogen and oxygen atoms in total. The fraction of sp³-hybridized carbons (Fsp3) is 0.333. The van der Waals surface area contributed by atoms with E-state index < -0.39 is 6.10 Å². The van der Waals surface area contributed by atoms with Gasteiger partial charge in [-0.25, -0.2) is 0 Å². The van der Waals surface area contributed by atoms with Crippen molar-refractivity contribution in [3.63, 3.8) is 0 Å². The molecule has 0 bridgehead atoms. The van der Waals surface area contributed by atoms with Crippen molar-refractivity contribution in [2.24, 2.45) is 0 Å². The average molecular weight is 285 g/mol. The van der Waals surface area contributed by atoms with Gasteiger partial charge in [0.2, 0.25) is 0 Å². The Hall–Kier alpha value is -2.00. The molecule has 0 spiro atoms. The van der Waals surface area contributed by atoms with E-state index in [0.717, 1.165) is 22.4 Å². The van der Waals surface area contributed by atoms with Crippen molar-refractivity contribution in [1.82, 2.24) is 0 Å². The minimum absolute atomic E-state index is 0.229. The molecule has 0 aromatic heterocycles. The van der Waals surface area contributed by atoms with Crippen LogP contribution in [0.2, 0.25) is 0 Å². The SMILES string of the molecule is Cc1ccc(C(C)C)c(OCC(O)c2ccc(N)cc2)c1. The predicted molar refractivity (Wildman–Crippen MR) is 86.6 cm³/mol. The van der Waals surface area contributed by atoms with E-state index in [1.807, 2.05) is 25.1 Å². The quantitative estimate of drug-likeness (QED) is 0.821. The summed E-state index contributed by atoms with van der Waals surface area (Å²) in [6, 6.07) is 13.4. The second-order valence-corrected chi connectivity index (χ2v) is 5.69. The first kappa shape index (κ1) is 15.4. The van der Waals surface area contributed by atoms with E-state index >= 15 is 0 Å². The second kappa shape index (κ2) is 6.64. The summed E-state index contributed by atoms with van der Waals surface area (Å²) < 4.78 is 5.84. The van der Waals surface area contributed by atoms with Crippen molar-refractivity contribution in [2.75, 3.05) is 12.3 Å². The molecule has 1 atom stereocenters. The summed E-state index contributed by atoms with van der Waals surface area (Å²) >= 11 is 0. The van der Waals surface area contributed by atoms with E-state index in [2.05, 4.69) is 26.0 Å². The number of aliphatic hydroxyl groups is 1. The van der Waals surface area contributed by atoms with Crippen LogP contribution in [0.15, 0.2) is 42.5 Å². The lowest BCUT2D eigenvalue weighted by atomic mass is 10.0. The molecule has 112 valence electrons. The Morgan fingerprint density at radius 1 is 1.10 bits per heavy atom. The van der Waals surface area contributed by atoms with Gasteiger partial charge in [-0.2, -0.15) is 0 Å². The molecule has 0 saturated heterocycles. The first-order valence-corrected chi connectivity index (χ1v) is 7.24. The fourth-order valence-corrected chi connectivity index (χ4v) is 2.23. The number of nitrogens with two attached hydrogens (primary N) is 1. The zero-order valence-electron chi connectivity index (χ0n) is 12.8. The highest BCUT2D eigenvalue weighted by Gasteiger charge is 2.12. The Balaban J connectivity index is 2.08. The number of anilines is 1. The van der Waals surface area contributed by atoms with Gasteiger partial charge in [0, 0.05) is 5.69 Å². The monoisotopic (exact) mass is 285 g/mol. The van der Waals surface area contributed by atoms with Crippen LogP contribution in [-0.2, 0) is 0 Å². The molecule has 0 aliphatic rings. The molecule has 21 heavy (non-hydrogen) atoms. The van der Waals surface area contributed by atoms with Gasteiger partial charge in [0.05, 0.1) is 0 Å². The van der Waals surface area contributed by atoms with E-state index in [0.29, 0.717) is 11.6 Å². The lowest BCUT2D eigenvalue weighted by Gasteiger charge is -2.17. The number of nitrogen functional groups attached to an aromatic ring is 1. The smallest absolute Gasteiger partial charge is 0.123 e. The fourth-order valence-electron chi connectivity index (χ4n) is 2.23. The molecule has 3 heteroatoms. The summed E-state index contributed by atoms with van der Waals surface area (Å²) in [7, 11) is 0. The second-order valence-electron chi connectivity index (χ2n) is 5.69. The van der Waals surface area contributed by atoms with Crippen LogP contribution in [0, 0.1) is 6.92 Å². The zero-order valence-corrected chi connectivity index (χ0v) is 12.8. The number of aryl methyl sites for hydroxylation is 1. The predicted octanol–water partition coefficient (Wildman–Crippen LogP) is 3.81. The molecule has 0 aliphatic heterocycles. The topological polar surface area (TPSA) is 55.5 Å². The van der Waals surface area contributed by atoms with E-state index in [9.17, 15) is 5.11 Å². The molecule has 1 unspecified atom stereocenters. The van der Waals surface area contributed by atoms with Crippen LogP contribution in [0.3, 0.4) is 0 Å². The molecule has 2 aromatic rings. The molecule has 2 aromatic carbocycles. The largest absolute Gasteiger partial charge is 0.490 e. The van der Waals surface area contributed by atoms with Gasteiger partial charge in [0.25, 0.3) is 0 Å². The summed E-state index contributed by atoms with van der Waals surface area (Å²) in [5, 5.41) is 10.2. The van der Waals surface area contributed by atoms with Crippen LogP contribution in [0.1, 0.15) is 42.6 Å². The van der Waals surface area contributed by atoms with Crippen LogP contribution in [0.5, 0.6) is 5.75 Å². The van der Waals surface area contributed by atoms with E-state index in [-0.39, 0.29) is 6.61 Å². The van der Waals surface area contributed by atoms with Crippen LogP contribution in [0.4, 0.5) is 5.69 Å². The number of ether oxygens (including phenoxy) is 1. The average Bonchev–Trinajstić information content (AvgIpc) is 2.45. The molecule has 0 fully saturated rings. The molecule has 0 amide bonds. The number of rotatable bonds is 5. The van der Waals surface area contributed by atoms with Gasteiger partial charge in [0.15, 0.2) is 0 Å². The van der Waals surface area contributed by atoms with E-state index in [1.54, 1.807) is 12.1 Å². The minimum atomic E-state index is -0.661. The highest BCUT2D eigenvalue weighted by molar-refractivity contribution is 5.41. The minimum Gasteiger partial charge on any atom is -0.490 e. The van der Waals surface area contributed by atoms with Crippen LogP contribution >= 0.6 is 0 Å². The van der Waals surface area contributed by atoms with E-state index in [1.165, 1.54) is 0 Å². The Bertz CT molecular complexity index is 591. The van der Waals surface area contributed by atoms with Gasteiger partial charge in [-0.3, -0.25) is 0 Å².